The topological polar surface area (TPSA) is 26.0 Å². The van der Waals surface area contributed by atoms with Gasteiger partial charge in [-0.05, 0) is 12.2 Å². The molecule has 1 rings (SSSR count). The molecule has 0 saturated carbocycles. The van der Waals surface area contributed by atoms with Crippen LogP contribution in [0.25, 0.3) is 0 Å². The van der Waals surface area contributed by atoms with Crippen LogP contribution in [0.15, 0.2) is 10.6 Å². The first-order valence-electron chi connectivity index (χ1n) is 3.71. The SMILES string of the molecule is Cc1cnc(CSC(C)C)o1. The first kappa shape index (κ1) is 8.65. The highest BCUT2D eigenvalue weighted by Gasteiger charge is 2.01. The van der Waals surface area contributed by atoms with Gasteiger partial charge in [0.15, 0.2) is 0 Å². The fraction of sp³-hybridized carbons (Fsp3) is 0.625. The maximum absolute atomic E-state index is 5.30. The molecule has 0 spiro atoms. The van der Waals surface area contributed by atoms with E-state index in [-0.39, 0.29) is 0 Å². The third-order valence-electron chi connectivity index (χ3n) is 1.21. The van der Waals surface area contributed by atoms with Crippen LogP contribution >= 0.6 is 11.8 Å². The second-order valence-corrected chi connectivity index (χ2v) is 4.29. The molecule has 0 atom stereocenters. The van der Waals surface area contributed by atoms with Gasteiger partial charge in [-0.3, -0.25) is 0 Å². The normalized spacial score (nSPS) is 10.9. The number of aromatic nitrogens is 1. The van der Waals surface area contributed by atoms with Crippen molar-refractivity contribution in [2.24, 2.45) is 0 Å². The second kappa shape index (κ2) is 3.81. The summed E-state index contributed by atoms with van der Waals surface area (Å²) in [7, 11) is 0. The Morgan fingerprint density at radius 2 is 2.36 bits per heavy atom. The largest absolute Gasteiger partial charge is 0.445 e. The molecule has 0 bridgehead atoms. The molecule has 0 amide bonds. The fourth-order valence-corrected chi connectivity index (χ4v) is 1.32. The summed E-state index contributed by atoms with van der Waals surface area (Å²) in [4.78, 5) is 4.10. The minimum absolute atomic E-state index is 0.641. The van der Waals surface area contributed by atoms with E-state index in [0.29, 0.717) is 5.25 Å². The van der Waals surface area contributed by atoms with E-state index in [1.165, 1.54) is 0 Å². The van der Waals surface area contributed by atoms with Crippen molar-refractivity contribution >= 4 is 11.8 Å². The van der Waals surface area contributed by atoms with Gasteiger partial charge in [-0.2, -0.15) is 0 Å². The fourth-order valence-electron chi connectivity index (χ4n) is 0.706. The lowest BCUT2D eigenvalue weighted by Gasteiger charge is -1.99. The van der Waals surface area contributed by atoms with E-state index < -0.39 is 0 Å². The van der Waals surface area contributed by atoms with Crippen molar-refractivity contribution in [3.05, 3.63) is 17.8 Å². The Balaban J connectivity index is 2.39. The smallest absolute Gasteiger partial charge is 0.204 e. The van der Waals surface area contributed by atoms with Crippen LogP contribution < -0.4 is 0 Å². The summed E-state index contributed by atoms with van der Waals surface area (Å²) in [5.74, 6) is 2.61. The van der Waals surface area contributed by atoms with E-state index in [9.17, 15) is 0 Å². The maximum Gasteiger partial charge on any atom is 0.204 e. The highest BCUT2D eigenvalue weighted by atomic mass is 32.2. The molecule has 11 heavy (non-hydrogen) atoms. The Bertz CT molecular complexity index is 220. The zero-order chi connectivity index (χ0) is 8.27. The average molecular weight is 171 g/mol. The molecule has 0 fully saturated rings. The Kier molecular flexibility index (Phi) is 3.00. The van der Waals surface area contributed by atoms with Gasteiger partial charge in [-0.1, -0.05) is 13.8 Å². The van der Waals surface area contributed by atoms with Crippen molar-refractivity contribution in [1.82, 2.24) is 4.98 Å². The molecule has 0 aliphatic carbocycles. The van der Waals surface area contributed by atoms with Gasteiger partial charge in [-0.15, -0.1) is 11.8 Å². The number of rotatable bonds is 3. The predicted molar refractivity (Wildman–Crippen MR) is 47.7 cm³/mol. The lowest BCUT2D eigenvalue weighted by atomic mass is 10.6. The molecule has 1 heterocycles. The average Bonchev–Trinajstić information content (AvgIpc) is 2.31. The minimum Gasteiger partial charge on any atom is -0.445 e. The maximum atomic E-state index is 5.30. The summed E-state index contributed by atoms with van der Waals surface area (Å²) in [6, 6.07) is 0. The minimum atomic E-state index is 0.641. The van der Waals surface area contributed by atoms with Crippen molar-refractivity contribution in [2.75, 3.05) is 0 Å². The molecule has 0 radical (unpaired) electrons. The molecule has 0 N–H and O–H groups in total. The molecule has 0 saturated heterocycles. The Hall–Kier alpha value is -0.440. The molecule has 1 aromatic heterocycles. The van der Waals surface area contributed by atoms with Crippen LogP contribution in [0, 0.1) is 6.92 Å². The van der Waals surface area contributed by atoms with E-state index in [1.54, 1.807) is 6.20 Å². The molecule has 0 aliphatic heterocycles. The number of oxazole rings is 1. The molecule has 2 nitrogen and oxygen atoms in total. The zero-order valence-electron chi connectivity index (χ0n) is 7.13. The molecule has 0 unspecified atom stereocenters. The standard InChI is InChI=1S/C8H13NOS/c1-6(2)11-5-8-9-4-7(3)10-8/h4,6H,5H2,1-3H3. The van der Waals surface area contributed by atoms with Gasteiger partial charge < -0.3 is 4.42 Å². The summed E-state index contributed by atoms with van der Waals surface area (Å²) in [6.45, 7) is 6.25. The zero-order valence-corrected chi connectivity index (χ0v) is 7.94. The van der Waals surface area contributed by atoms with Crippen LogP contribution in [0.3, 0.4) is 0 Å². The third-order valence-corrected chi connectivity index (χ3v) is 2.29. The monoisotopic (exact) mass is 171 g/mol. The van der Waals surface area contributed by atoms with Crippen LogP contribution in [-0.4, -0.2) is 10.2 Å². The first-order valence-corrected chi connectivity index (χ1v) is 4.76. The van der Waals surface area contributed by atoms with Crippen molar-refractivity contribution in [1.29, 1.82) is 0 Å². The molecular weight excluding hydrogens is 158 g/mol. The van der Waals surface area contributed by atoms with Gasteiger partial charge in [0.2, 0.25) is 5.89 Å². The lowest BCUT2D eigenvalue weighted by Crippen LogP contribution is -1.88. The van der Waals surface area contributed by atoms with Crippen molar-refractivity contribution in [3.8, 4) is 0 Å². The predicted octanol–water partition coefficient (Wildman–Crippen LogP) is 2.62. The van der Waals surface area contributed by atoms with Gasteiger partial charge in [-0.25, -0.2) is 4.98 Å². The first-order chi connectivity index (χ1) is 5.18. The van der Waals surface area contributed by atoms with Gasteiger partial charge in [0.05, 0.1) is 11.9 Å². The lowest BCUT2D eigenvalue weighted by molar-refractivity contribution is 0.490. The van der Waals surface area contributed by atoms with E-state index in [1.807, 2.05) is 18.7 Å². The number of nitrogens with zero attached hydrogens (tertiary/aromatic N) is 1. The van der Waals surface area contributed by atoms with Gasteiger partial charge in [0.25, 0.3) is 0 Å². The van der Waals surface area contributed by atoms with Crippen LogP contribution in [0.4, 0.5) is 0 Å². The molecular formula is C8H13NOS. The molecule has 3 heteroatoms. The van der Waals surface area contributed by atoms with Crippen molar-refractivity contribution in [2.45, 2.75) is 31.8 Å². The van der Waals surface area contributed by atoms with Crippen LogP contribution in [0.5, 0.6) is 0 Å². The van der Waals surface area contributed by atoms with Crippen LogP contribution in [0.1, 0.15) is 25.5 Å². The second-order valence-electron chi connectivity index (χ2n) is 2.72. The molecule has 62 valence electrons. The van der Waals surface area contributed by atoms with Crippen molar-refractivity contribution in [3.63, 3.8) is 0 Å². The Morgan fingerprint density at radius 1 is 1.64 bits per heavy atom. The summed E-state index contributed by atoms with van der Waals surface area (Å²) < 4.78 is 5.30. The summed E-state index contributed by atoms with van der Waals surface area (Å²) in [6.07, 6.45) is 1.76. The van der Waals surface area contributed by atoms with Crippen LogP contribution in [0.2, 0.25) is 0 Å². The molecule has 1 aromatic rings. The van der Waals surface area contributed by atoms with E-state index >= 15 is 0 Å². The van der Waals surface area contributed by atoms with E-state index in [2.05, 4.69) is 18.8 Å². The summed E-state index contributed by atoms with van der Waals surface area (Å²) in [5, 5.41) is 0.641. The Morgan fingerprint density at radius 3 is 2.82 bits per heavy atom. The number of hydrogen-bond donors (Lipinski definition) is 0. The van der Waals surface area contributed by atoms with Gasteiger partial charge in [0.1, 0.15) is 5.76 Å². The van der Waals surface area contributed by atoms with E-state index in [0.717, 1.165) is 17.4 Å². The van der Waals surface area contributed by atoms with Crippen molar-refractivity contribution < 1.29 is 4.42 Å². The molecule has 0 aromatic carbocycles. The highest BCUT2D eigenvalue weighted by molar-refractivity contribution is 7.99. The van der Waals surface area contributed by atoms with Gasteiger partial charge >= 0.3 is 0 Å². The summed E-state index contributed by atoms with van der Waals surface area (Å²) in [5.41, 5.74) is 0. The van der Waals surface area contributed by atoms with Crippen LogP contribution in [-0.2, 0) is 5.75 Å². The highest BCUT2D eigenvalue weighted by Crippen LogP contribution is 2.16. The van der Waals surface area contributed by atoms with Gasteiger partial charge in [0, 0.05) is 0 Å². The number of hydrogen-bond acceptors (Lipinski definition) is 3. The summed E-state index contributed by atoms with van der Waals surface area (Å²) >= 11 is 1.84. The van der Waals surface area contributed by atoms with E-state index in [4.69, 9.17) is 4.42 Å². The Labute approximate surface area is 71.4 Å². The third kappa shape index (κ3) is 2.97. The molecule has 0 aliphatic rings. The number of aryl methyl sites for hydroxylation is 1. The quantitative estimate of drug-likeness (QED) is 0.699. The number of thioether (sulfide) groups is 1.